The molecule has 0 amide bonds. The predicted molar refractivity (Wildman–Crippen MR) is 100 cm³/mol. The van der Waals surface area contributed by atoms with Gasteiger partial charge in [0.25, 0.3) is 11.4 Å². The van der Waals surface area contributed by atoms with Crippen LogP contribution < -0.4 is 0 Å². The second-order valence-corrected chi connectivity index (χ2v) is 6.99. The van der Waals surface area contributed by atoms with Crippen LogP contribution in [0.1, 0.15) is 42.7 Å². The number of hydrogen-bond donors (Lipinski definition) is 0. The topological polar surface area (TPSA) is 120 Å². The van der Waals surface area contributed by atoms with Crippen LogP contribution in [0, 0.1) is 26.1 Å². The van der Waals surface area contributed by atoms with Crippen LogP contribution in [0.25, 0.3) is 0 Å². The molecule has 1 aliphatic rings. The van der Waals surface area contributed by atoms with Gasteiger partial charge in [-0.1, -0.05) is 24.3 Å². The van der Waals surface area contributed by atoms with E-state index in [1.165, 1.54) is 31.2 Å². The summed E-state index contributed by atoms with van der Waals surface area (Å²) in [6.07, 6.45) is 0.372. The van der Waals surface area contributed by atoms with E-state index in [1.807, 2.05) is 0 Å². The highest BCUT2D eigenvalue weighted by Crippen LogP contribution is 2.45. The molecule has 144 valence electrons. The number of benzene rings is 2. The number of nitro groups is 2. The molecule has 0 radical (unpaired) electrons. The fourth-order valence-corrected chi connectivity index (χ4v) is 4.01. The molecule has 1 aliphatic carbocycles. The van der Waals surface area contributed by atoms with Crippen molar-refractivity contribution in [1.82, 2.24) is 0 Å². The second kappa shape index (κ2) is 7.67. The van der Waals surface area contributed by atoms with Crippen molar-refractivity contribution >= 4 is 22.9 Å². The van der Waals surface area contributed by atoms with Crippen molar-refractivity contribution in [3.05, 3.63) is 79.9 Å². The number of nitro benzene ring substituents is 2. The molecule has 0 unspecified atom stereocenters. The van der Waals surface area contributed by atoms with E-state index in [1.54, 1.807) is 24.3 Å². The molecule has 28 heavy (non-hydrogen) atoms. The summed E-state index contributed by atoms with van der Waals surface area (Å²) in [5, 5.41) is 21.8. The van der Waals surface area contributed by atoms with Gasteiger partial charge in [-0.3, -0.25) is 29.8 Å². The highest BCUT2D eigenvalue weighted by atomic mass is 16.6. The first-order chi connectivity index (χ1) is 13.3. The minimum atomic E-state index is -0.502. The van der Waals surface area contributed by atoms with E-state index in [0.717, 1.165) is 0 Å². The fraction of sp³-hybridized carbons (Fsp3) is 0.300. The summed E-state index contributed by atoms with van der Waals surface area (Å²) in [5.74, 6) is -1.36. The zero-order valence-corrected chi connectivity index (χ0v) is 15.1. The number of hydrogen-bond acceptors (Lipinski definition) is 6. The maximum atomic E-state index is 12.5. The lowest BCUT2D eigenvalue weighted by molar-refractivity contribution is -0.385. The average molecular weight is 382 g/mol. The van der Waals surface area contributed by atoms with Crippen LogP contribution in [-0.2, 0) is 9.59 Å². The Hall–Kier alpha value is -3.42. The lowest BCUT2D eigenvalue weighted by Gasteiger charge is -2.36. The van der Waals surface area contributed by atoms with Crippen molar-refractivity contribution in [2.45, 2.75) is 31.6 Å². The summed E-state index contributed by atoms with van der Waals surface area (Å²) >= 11 is 0. The lowest BCUT2D eigenvalue weighted by atomic mass is 9.65. The van der Waals surface area contributed by atoms with E-state index < -0.39 is 15.8 Å². The Morgan fingerprint density at radius 1 is 0.821 bits per heavy atom. The number of carbonyl (C=O) groups excluding carboxylic acids is 2. The van der Waals surface area contributed by atoms with Crippen molar-refractivity contribution in [3.63, 3.8) is 0 Å². The van der Waals surface area contributed by atoms with Gasteiger partial charge in [-0.2, -0.15) is 0 Å². The van der Waals surface area contributed by atoms with Crippen molar-refractivity contribution in [1.29, 1.82) is 0 Å². The van der Waals surface area contributed by atoms with Crippen molar-refractivity contribution < 1.29 is 19.4 Å². The standard InChI is InChI=1S/C20H18N2O6/c1-12(23)20-18(13-2-6-15(7-3-13)21(25)26)10-17(24)11-19(20)14-4-8-16(9-5-14)22(27)28/h2-9,18-20H,10-11H2,1H3/t18-,19-/m0/s1. The minimum absolute atomic E-state index is 0.00999. The van der Waals surface area contributed by atoms with Gasteiger partial charge in [0.1, 0.15) is 11.6 Å². The van der Waals surface area contributed by atoms with Gasteiger partial charge in [-0.15, -0.1) is 0 Å². The number of ketones is 2. The highest BCUT2D eigenvalue weighted by molar-refractivity contribution is 5.88. The third kappa shape index (κ3) is 3.80. The molecule has 0 N–H and O–H groups in total. The quantitative estimate of drug-likeness (QED) is 0.570. The maximum absolute atomic E-state index is 12.5. The van der Waals surface area contributed by atoms with Gasteiger partial charge in [-0.05, 0) is 18.1 Å². The number of rotatable bonds is 5. The Morgan fingerprint density at radius 2 is 1.18 bits per heavy atom. The molecule has 0 aliphatic heterocycles. The summed E-state index contributed by atoms with van der Waals surface area (Å²) in [4.78, 5) is 45.7. The molecule has 1 saturated carbocycles. The third-order valence-electron chi connectivity index (χ3n) is 5.30. The molecular formula is C20H18N2O6. The molecule has 2 atom stereocenters. The summed E-state index contributed by atoms with van der Waals surface area (Å²) in [5.41, 5.74) is 1.28. The van der Waals surface area contributed by atoms with Gasteiger partial charge in [-0.25, -0.2) is 0 Å². The number of carbonyl (C=O) groups is 2. The molecular weight excluding hydrogens is 364 g/mol. The molecule has 3 rings (SSSR count). The van der Waals surface area contributed by atoms with Crippen molar-refractivity contribution in [2.24, 2.45) is 5.92 Å². The average Bonchev–Trinajstić information content (AvgIpc) is 2.67. The molecule has 0 aromatic heterocycles. The minimum Gasteiger partial charge on any atom is -0.300 e. The lowest BCUT2D eigenvalue weighted by Crippen LogP contribution is -2.34. The van der Waals surface area contributed by atoms with Crippen LogP contribution in [0.15, 0.2) is 48.5 Å². The van der Waals surface area contributed by atoms with Gasteiger partial charge < -0.3 is 0 Å². The van der Waals surface area contributed by atoms with Crippen LogP contribution in [-0.4, -0.2) is 21.4 Å². The van der Waals surface area contributed by atoms with Crippen LogP contribution in [0.4, 0.5) is 11.4 Å². The summed E-state index contributed by atoms with van der Waals surface area (Å²) in [6.45, 7) is 1.47. The Bertz CT molecular complexity index is 867. The first-order valence-corrected chi connectivity index (χ1v) is 8.78. The van der Waals surface area contributed by atoms with Gasteiger partial charge in [0.05, 0.1) is 9.85 Å². The molecule has 0 spiro atoms. The molecule has 2 aromatic carbocycles. The van der Waals surface area contributed by atoms with Crippen LogP contribution in [0.5, 0.6) is 0 Å². The van der Waals surface area contributed by atoms with Crippen molar-refractivity contribution in [2.75, 3.05) is 0 Å². The van der Waals surface area contributed by atoms with Crippen LogP contribution in [0.2, 0.25) is 0 Å². The molecule has 8 heteroatoms. The molecule has 0 saturated heterocycles. The number of nitrogens with zero attached hydrogens (tertiary/aromatic N) is 2. The van der Waals surface area contributed by atoms with Crippen molar-refractivity contribution in [3.8, 4) is 0 Å². The van der Waals surface area contributed by atoms with Crippen LogP contribution >= 0.6 is 0 Å². The highest BCUT2D eigenvalue weighted by Gasteiger charge is 2.41. The third-order valence-corrected chi connectivity index (χ3v) is 5.30. The summed E-state index contributed by atoms with van der Waals surface area (Å²) < 4.78 is 0. The molecule has 0 heterocycles. The Kier molecular flexibility index (Phi) is 5.30. The summed E-state index contributed by atoms with van der Waals surface area (Å²) in [6, 6.07) is 11.8. The second-order valence-electron chi connectivity index (χ2n) is 6.99. The SMILES string of the molecule is CC(=O)C1[C@H](c2ccc([N+](=O)[O-])cc2)CC(=O)C[C@H]1c1ccc([N+](=O)[O-])cc1. The van der Waals surface area contributed by atoms with Crippen LogP contribution in [0.3, 0.4) is 0 Å². The Morgan fingerprint density at radius 3 is 1.46 bits per heavy atom. The summed E-state index contributed by atoms with van der Waals surface area (Å²) in [7, 11) is 0. The Balaban J connectivity index is 1.98. The smallest absolute Gasteiger partial charge is 0.269 e. The zero-order chi connectivity index (χ0) is 20.4. The maximum Gasteiger partial charge on any atom is 0.269 e. The first kappa shape index (κ1) is 19.3. The predicted octanol–water partition coefficient (Wildman–Crippen LogP) is 3.94. The normalized spacial score (nSPS) is 20.0. The molecule has 0 bridgehead atoms. The fourth-order valence-electron chi connectivity index (χ4n) is 4.01. The van der Waals surface area contributed by atoms with Gasteiger partial charge in [0, 0.05) is 54.9 Å². The first-order valence-electron chi connectivity index (χ1n) is 8.78. The molecule has 1 fully saturated rings. The monoisotopic (exact) mass is 382 g/mol. The van der Waals surface area contributed by atoms with Gasteiger partial charge in [0.15, 0.2) is 0 Å². The Labute approximate surface area is 160 Å². The number of non-ortho nitro benzene ring substituents is 2. The van der Waals surface area contributed by atoms with E-state index in [9.17, 15) is 29.8 Å². The van der Waals surface area contributed by atoms with E-state index in [0.29, 0.717) is 11.1 Å². The largest absolute Gasteiger partial charge is 0.300 e. The number of Topliss-reactive ketones (excluding diaryl/α,β-unsaturated/α-hetero) is 2. The molecule has 2 aromatic rings. The van der Waals surface area contributed by atoms with E-state index in [4.69, 9.17) is 0 Å². The van der Waals surface area contributed by atoms with Gasteiger partial charge in [0.2, 0.25) is 0 Å². The van der Waals surface area contributed by atoms with E-state index >= 15 is 0 Å². The zero-order valence-electron chi connectivity index (χ0n) is 15.1. The van der Waals surface area contributed by atoms with E-state index in [2.05, 4.69) is 0 Å². The van der Waals surface area contributed by atoms with E-state index in [-0.39, 0.29) is 47.6 Å². The van der Waals surface area contributed by atoms with Gasteiger partial charge >= 0.3 is 0 Å². The molecule has 8 nitrogen and oxygen atoms in total.